The molecule has 0 aliphatic rings. The van der Waals surface area contributed by atoms with Crippen LogP contribution < -0.4 is 0 Å². The lowest BCUT2D eigenvalue weighted by Gasteiger charge is -2.11. The number of pyridine rings is 1. The Kier molecular flexibility index (Phi) is 4.90. The van der Waals surface area contributed by atoms with Crippen molar-refractivity contribution < 1.29 is 4.42 Å². The molecular formula is C39H24N2O. The topological polar surface area (TPSA) is 30.4 Å². The molecule has 3 nitrogen and oxygen atoms in total. The Hall–Kier alpha value is -5.67. The Bertz CT molecular complexity index is 2460. The highest BCUT2D eigenvalue weighted by molar-refractivity contribution is 6.12. The number of para-hydroxylation sites is 2. The molecule has 0 spiro atoms. The lowest BCUT2D eigenvalue weighted by Crippen LogP contribution is -1.91. The first-order chi connectivity index (χ1) is 20.8. The predicted molar refractivity (Wildman–Crippen MR) is 174 cm³/mol. The molecule has 3 heterocycles. The van der Waals surface area contributed by atoms with Gasteiger partial charge in [-0.05, 0) is 57.5 Å². The third-order valence-corrected chi connectivity index (χ3v) is 8.48. The lowest BCUT2D eigenvalue weighted by atomic mass is 9.95. The highest BCUT2D eigenvalue weighted by Crippen LogP contribution is 2.37. The number of benzene rings is 6. The van der Waals surface area contributed by atoms with Crippen molar-refractivity contribution in [3.63, 3.8) is 0 Å². The Morgan fingerprint density at radius 1 is 0.476 bits per heavy atom. The fraction of sp³-hybridized carbons (Fsp3) is 0. The van der Waals surface area contributed by atoms with Crippen molar-refractivity contribution in [2.75, 3.05) is 0 Å². The summed E-state index contributed by atoms with van der Waals surface area (Å²) in [4.78, 5) is 4.62. The first-order valence-corrected chi connectivity index (χ1v) is 14.2. The second-order valence-electron chi connectivity index (χ2n) is 10.8. The number of furan rings is 1. The van der Waals surface area contributed by atoms with Crippen LogP contribution in [0.1, 0.15) is 0 Å². The van der Waals surface area contributed by atoms with Crippen LogP contribution in [0.25, 0.3) is 82.6 Å². The summed E-state index contributed by atoms with van der Waals surface area (Å²) in [5.41, 5.74) is 11.0. The summed E-state index contributed by atoms with van der Waals surface area (Å²) in [7, 11) is 0. The zero-order valence-electron chi connectivity index (χ0n) is 22.7. The molecule has 0 fully saturated rings. The maximum Gasteiger partial charge on any atom is 0.145 e. The van der Waals surface area contributed by atoms with Gasteiger partial charge in [0.1, 0.15) is 16.8 Å². The molecule has 0 N–H and O–H groups in total. The van der Waals surface area contributed by atoms with E-state index in [4.69, 9.17) is 4.42 Å². The molecule has 0 unspecified atom stereocenters. The number of fused-ring (bicyclic) bond motifs is 9. The van der Waals surface area contributed by atoms with Crippen molar-refractivity contribution in [2.45, 2.75) is 0 Å². The van der Waals surface area contributed by atoms with Crippen molar-refractivity contribution in [3.05, 3.63) is 146 Å². The van der Waals surface area contributed by atoms with E-state index in [-0.39, 0.29) is 0 Å². The predicted octanol–water partition coefficient (Wildman–Crippen LogP) is 10.5. The van der Waals surface area contributed by atoms with Gasteiger partial charge in [-0.2, -0.15) is 0 Å². The van der Waals surface area contributed by atoms with Gasteiger partial charge in [-0.1, -0.05) is 109 Å². The molecule has 0 bridgehead atoms. The van der Waals surface area contributed by atoms with Gasteiger partial charge in [0.2, 0.25) is 0 Å². The zero-order valence-corrected chi connectivity index (χ0v) is 22.7. The van der Waals surface area contributed by atoms with Crippen LogP contribution >= 0.6 is 0 Å². The van der Waals surface area contributed by atoms with Gasteiger partial charge in [-0.25, -0.2) is 4.98 Å². The Morgan fingerprint density at radius 2 is 1.14 bits per heavy atom. The minimum Gasteiger partial charge on any atom is -0.455 e. The van der Waals surface area contributed by atoms with Gasteiger partial charge in [0, 0.05) is 39.5 Å². The van der Waals surface area contributed by atoms with Crippen molar-refractivity contribution >= 4 is 49.3 Å². The van der Waals surface area contributed by atoms with Gasteiger partial charge >= 0.3 is 0 Å². The van der Waals surface area contributed by atoms with Crippen LogP contribution in [0.15, 0.2) is 150 Å². The van der Waals surface area contributed by atoms with Crippen molar-refractivity contribution in [3.8, 4) is 33.4 Å². The molecule has 9 aromatic rings. The molecule has 0 saturated heterocycles. The summed E-state index contributed by atoms with van der Waals surface area (Å²) in [6.07, 6.45) is 3.92. The monoisotopic (exact) mass is 536 g/mol. The Balaban J connectivity index is 1.11. The van der Waals surface area contributed by atoms with Crippen LogP contribution in [0, 0.1) is 0 Å². The summed E-state index contributed by atoms with van der Waals surface area (Å²) >= 11 is 0. The quantitative estimate of drug-likeness (QED) is 0.210. The maximum absolute atomic E-state index is 6.32. The minimum absolute atomic E-state index is 0.919. The molecule has 42 heavy (non-hydrogen) atoms. The normalized spacial score (nSPS) is 11.8. The third-order valence-electron chi connectivity index (χ3n) is 8.48. The third kappa shape index (κ3) is 3.44. The molecule has 0 atom stereocenters. The van der Waals surface area contributed by atoms with Gasteiger partial charge in [-0.15, -0.1) is 0 Å². The summed E-state index contributed by atoms with van der Waals surface area (Å²) in [5.74, 6) is 0. The van der Waals surface area contributed by atoms with Crippen LogP contribution in [0.5, 0.6) is 0 Å². The fourth-order valence-corrected chi connectivity index (χ4v) is 6.45. The van der Waals surface area contributed by atoms with Crippen LogP contribution in [0.4, 0.5) is 0 Å². The lowest BCUT2D eigenvalue weighted by molar-refractivity contribution is 0.670. The van der Waals surface area contributed by atoms with Crippen molar-refractivity contribution in [1.29, 1.82) is 0 Å². The maximum atomic E-state index is 6.32. The molecular weight excluding hydrogens is 512 g/mol. The van der Waals surface area contributed by atoms with E-state index in [0.717, 1.165) is 44.2 Å². The number of rotatable bonds is 3. The van der Waals surface area contributed by atoms with Gasteiger partial charge in [-0.3, -0.25) is 4.40 Å². The number of hydrogen-bond donors (Lipinski definition) is 0. The molecule has 0 amide bonds. The van der Waals surface area contributed by atoms with Gasteiger partial charge in [0.05, 0.1) is 5.52 Å². The van der Waals surface area contributed by atoms with E-state index in [2.05, 4.69) is 131 Å². The van der Waals surface area contributed by atoms with Crippen molar-refractivity contribution in [1.82, 2.24) is 9.38 Å². The van der Waals surface area contributed by atoms with Crippen molar-refractivity contribution in [2.24, 2.45) is 0 Å². The molecule has 6 aromatic carbocycles. The van der Waals surface area contributed by atoms with Crippen LogP contribution in [0.3, 0.4) is 0 Å². The van der Waals surface area contributed by atoms with E-state index < -0.39 is 0 Å². The van der Waals surface area contributed by atoms with Crippen LogP contribution in [-0.2, 0) is 0 Å². The minimum atomic E-state index is 0.919. The molecule has 3 heteroatoms. The molecule has 3 aromatic heterocycles. The second kappa shape index (κ2) is 8.92. The number of nitrogens with zero attached hydrogens (tertiary/aromatic N) is 2. The molecule has 9 rings (SSSR count). The standard InChI is InChI=1S/C39H24N2O/c1-2-11-34-31(9-1)35-24-28(19-20-36(35)41-22-21-40-39(34)41)26-17-15-25(16-18-26)27-7-5-8-29(23-27)30-12-6-13-33-32-10-3-4-14-37(32)42-38(30)33/h1-24H. The van der Waals surface area contributed by atoms with E-state index in [1.165, 1.54) is 38.4 Å². The smallest absolute Gasteiger partial charge is 0.145 e. The SMILES string of the molecule is c1cc(-c2ccc(-c3ccc4c(c3)c3ccccc3c3nccn43)cc2)cc(-c2cccc3c2oc2ccccc23)c1. The molecule has 0 saturated carbocycles. The van der Waals surface area contributed by atoms with E-state index >= 15 is 0 Å². The Labute approximate surface area is 241 Å². The summed E-state index contributed by atoms with van der Waals surface area (Å²) in [5, 5.41) is 5.92. The first-order valence-electron chi connectivity index (χ1n) is 14.2. The van der Waals surface area contributed by atoms with Gasteiger partial charge in [0.25, 0.3) is 0 Å². The Morgan fingerprint density at radius 3 is 2.00 bits per heavy atom. The zero-order chi connectivity index (χ0) is 27.6. The molecule has 0 radical (unpaired) electrons. The van der Waals surface area contributed by atoms with E-state index in [9.17, 15) is 0 Å². The average molecular weight is 537 g/mol. The van der Waals surface area contributed by atoms with Crippen LogP contribution in [0.2, 0.25) is 0 Å². The van der Waals surface area contributed by atoms with E-state index in [0.29, 0.717) is 0 Å². The van der Waals surface area contributed by atoms with E-state index in [1.54, 1.807) is 0 Å². The summed E-state index contributed by atoms with van der Waals surface area (Å²) in [6.45, 7) is 0. The summed E-state index contributed by atoms with van der Waals surface area (Å²) in [6, 6.07) is 47.5. The number of hydrogen-bond acceptors (Lipinski definition) is 2. The summed E-state index contributed by atoms with van der Waals surface area (Å²) < 4.78 is 8.50. The van der Waals surface area contributed by atoms with Gasteiger partial charge in [0.15, 0.2) is 0 Å². The largest absolute Gasteiger partial charge is 0.455 e. The molecule has 0 aliphatic carbocycles. The first kappa shape index (κ1) is 23.1. The second-order valence-corrected chi connectivity index (χ2v) is 10.8. The van der Waals surface area contributed by atoms with E-state index in [1.807, 2.05) is 24.5 Å². The highest BCUT2D eigenvalue weighted by atomic mass is 16.3. The highest BCUT2D eigenvalue weighted by Gasteiger charge is 2.13. The van der Waals surface area contributed by atoms with Crippen LogP contribution in [-0.4, -0.2) is 9.38 Å². The number of aromatic nitrogens is 2. The molecule has 196 valence electrons. The fourth-order valence-electron chi connectivity index (χ4n) is 6.45. The number of imidazole rings is 1. The molecule has 0 aliphatic heterocycles. The average Bonchev–Trinajstić information content (AvgIpc) is 3.71. The van der Waals surface area contributed by atoms with Gasteiger partial charge < -0.3 is 4.42 Å².